The maximum absolute atomic E-state index is 13.2. The van der Waals surface area contributed by atoms with Gasteiger partial charge >= 0.3 is 6.18 Å². The van der Waals surface area contributed by atoms with Crippen molar-refractivity contribution in [1.82, 2.24) is 10.4 Å². The number of amides is 1. The molecule has 0 aromatic heterocycles. The second-order valence-electron chi connectivity index (χ2n) is 5.60. The Morgan fingerprint density at radius 1 is 1.32 bits per heavy atom. The van der Waals surface area contributed by atoms with Crippen molar-refractivity contribution in [3.05, 3.63) is 35.4 Å². The molecule has 6 heteroatoms. The number of alkyl halides is 3. The fourth-order valence-electron chi connectivity index (χ4n) is 2.73. The Morgan fingerprint density at radius 3 is 2.64 bits per heavy atom. The lowest BCUT2D eigenvalue weighted by Gasteiger charge is -2.28. The number of rotatable bonds is 6. The minimum absolute atomic E-state index is 0.0138. The van der Waals surface area contributed by atoms with Crippen LogP contribution in [0.3, 0.4) is 0 Å². The van der Waals surface area contributed by atoms with Gasteiger partial charge in [-0.2, -0.15) is 13.2 Å². The molecule has 122 valence electrons. The van der Waals surface area contributed by atoms with Crippen LogP contribution in [0.2, 0.25) is 0 Å². The quantitative estimate of drug-likeness (QED) is 0.874. The number of halogens is 3. The fourth-order valence-corrected chi connectivity index (χ4v) is 2.73. The molecule has 1 unspecified atom stereocenters. The summed E-state index contributed by atoms with van der Waals surface area (Å²) in [5.74, 6) is -0.343. The predicted molar refractivity (Wildman–Crippen MR) is 78.1 cm³/mol. The zero-order chi connectivity index (χ0) is 16.2. The van der Waals surface area contributed by atoms with E-state index in [1.807, 2.05) is 24.3 Å². The second kappa shape index (κ2) is 7.13. The van der Waals surface area contributed by atoms with Crippen LogP contribution in [0.25, 0.3) is 0 Å². The summed E-state index contributed by atoms with van der Waals surface area (Å²) in [5.41, 5.74) is 4.55. The van der Waals surface area contributed by atoms with Crippen LogP contribution in [-0.2, 0) is 17.6 Å². The van der Waals surface area contributed by atoms with E-state index in [1.54, 1.807) is 0 Å². The molecule has 0 radical (unpaired) electrons. The van der Waals surface area contributed by atoms with E-state index in [0.717, 1.165) is 17.0 Å². The number of hydrazine groups is 1. The van der Waals surface area contributed by atoms with Crippen LogP contribution in [0.15, 0.2) is 24.3 Å². The highest BCUT2D eigenvalue weighted by atomic mass is 19.4. The molecule has 1 aromatic carbocycles. The van der Waals surface area contributed by atoms with Crippen LogP contribution in [0.4, 0.5) is 13.2 Å². The molecule has 1 heterocycles. The molecule has 0 saturated carbocycles. The Kier molecular flexibility index (Phi) is 5.45. The maximum atomic E-state index is 13.2. The van der Waals surface area contributed by atoms with Crippen molar-refractivity contribution in [1.29, 1.82) is 0 Å². The molecule has 1 saturated heterocycles. The lowest BCUT2D eigenvalue weighted by Crippen LogP contribution is -2.49. The van der Waals surface area contributed by atoms with E-state index in [2.05, 4.69) is 12.3 Å². The minimum Gasteiger partial charge on any atom is -0.288 e. The first-order valence-electron chi connectivity index (χ1n) is 7.61. The fraction of sp³-hybridized carbons (Fsp3) is 0.562. The van der Waals surface area contributed by atoms with Gasteiger partial charge in [0, 0.05) is 13.0 Å². The van der Waals surface area contributed by atoms with Gasteiger partial charge in [-0.15, -0.1) is 0 Å². The number of nitrogens with zero attached hydrogens (tertiary/aromatic N) is 1. The normalized spacial score (nSPS) is 17.5. The largest absolute Gasteiger partial charge is 0.405 e. The van der Waals surface area contributed by atoms with Crippen LogP contribution >= 0.6 is 0 Å². The number of nitrogens with one attached hydrogen (secondary N) is 1. The third kappa shape index (κ3) is 4.47. The van der Waals surface area contributed by atoms with Crippen molar-refractivity contribution in [2.75, 3.05) is 6.54 Å². The summed E-state index contributed by atoms with van der Waals surface area (Å²) < 4.78 is 39.5. The summed E-state index contributed by atoms with van der Waals surface area (Å²) in [4.78, 5) is 11.1. The number of aryl methyl sites for hydroxylation is 2. The van der Waals surface area contributed by atoms with Crippen molar-refractivity contribution in [3.8, 4) is 0 Å². The highest BCUT2D eigenvalue weighted by Crippen LogP contribution is 2.29. The zero-order valence-corrected chi connectivity index (χ0v) is 12.6. The second-order valence-corrected chi connectivity index (χ2v) is 5.60. The Labute approximate surface area is 128 Å². The first kappa shape index (κ1) is 16.8. The summed E-state index contributed by atoms with van der Waals surface area (Å²) in [5, 5.41) is 1.03. The van der Waals surface area contributed by atoms with E-state index in [-0.39, 0.29) is 25.3 Å². The van der Waals surface area contributed by atoms with Gasteiger partial charge in [-0.3, -0.25) is 10.2 Å². The summed E-state index contributed by atoms with van der Waals surface area (Å²) in [6.45, 7) is 2.17. The smallest absolute Gasteiger partial charge is 0.288 e. The van der Waals surface area contributed by atoms with Crippen molar-refractivity contribution in [2.45, 2.75) is 51.2 Å². The van der Waals surface area contributed by atoms with E-state index < -0.39 is 12.2 Å². The standard InChI is InChI=1S/C16H21F3N2O/c1-2-12-5-3-6-13(11-12)7-4-8-14(16(17,18)19)21-10-9-15(22)20-21/h3,5-6,11,14H,2,4,7-10H2,1H3,(H,20,22). The third-order valence-corrected chi connectivity index (χ3v) is 3.94. The number of hydrogen-bond donors (Lipinski definition) is 1. The van der Waals surface area contributed by atoms with E-state index in [1.165, 1.54) is 5.56 Å². The van der Waals surface area contributed by atoms with E-state index in [4.69, 9.17) is 0 Å². The number of carbonyl (C=O) groups excluding carboxylic acids is 1. The first-order chi connectivity index (χ1) is 10.4. The Morgan fingerprint density at radius 2 is 2.05 bits per heavy atom. The minimum atomic E-state index is -4.33. The summed E-state index contributed by atoms with van der Waals surface area (Å²) >= 11 is 0. The third-order valence-electron chi connectivity index (χ3n) is 3.94. The molecule has 1 amide bonds. The van der Waals surface area contributed by atoms with Gasteiger partial charge in [0.05, 0.1) is 0 Å². The summed E-state index contributed by atoms with van der Waals surface area (Å²) in [6, 6.07) is 6.34. The molecule has 1 fully saturated rings. The molecule has 1 atom stereocenters. The molecule has 0 spiro atoms. The van der Waals surface area contributed by atoms with Gasteiger partial charge in [-0.1, -0.05) is 31.2 Å². The molecular formula is C16H21F3N2O. The molecular weight excluding hydrogens is 293 g/mol. The number of hydrogen-bond acceptors (Lipinski definition) is 2. The van der Waals surface area contributed by atoms with Crippen molar-refractivity contribution in [2.24, 2.45) is 0 Å². The van der Waals surface area contributed by atoms with Crippen LogP contribution in [0.5, 0.6) is 0 Å². The van der Waals surface area contributed by atoms with Gasteiger partial charge in [0.1, 0.15) is 6.04 Å². The van der Waals surface area contributed by atoms with Gasteiger partial charge in [-0.25, -0.2) is 5.01 Å². The lowest BCUT2D eigenvalue weighted by molar-refractivity contribution is -0.190. The van der Waals surface area contributed by atoms with E-state index in [0.29, 0.717) is 12.8 Å². The van der Waals surface area contributed by atoms with Crippen LogP contribution in [0, 0.1) is 0 Å². The molecule has 1 aliphatic rings. The summed E-state index contributed by atoms with van der Waals surface area (Å²) in [7, 11) is 0. The van der Waals surface area contributed by atoms with Crippen LogP contribution < -0.4 is 5.43 Å². The average Bonchev–Trinajstić information content (AvgIpc) is 2.88. The highest BCUT2D eigenvalue weighted by Gasteiger charge is 2.45. The number of carbonyl (C=O) groups is 1. The molecule has 1 aliphatic heterocycles. The molecule has 22 heavy (non-hydrogen) atoms. The molecule has 3 nitrogen and oxygen atoms in total. The Bertz CT molecular complexity index is 516. The SMILES string of the molecule is CCc1cccc(CCCC(N2CCC(=O)N2)C(F)(F)F)c1. The molecule has 0 bridgehead atoms. The van der Waals surface area contributed by atoms with Crippen molar-refractivity contribution >= 4 is 5.91 Å². The molecule has 2 rings (SSSR count). The van der Waals surface area contributed by atoms with Crippen molar-refractivity contribution < 1.29 is 18.0 Å². The van der Waals surface area contributed by atoms with Gasteiger partial charge in [-0.05, 0) is 36.8 Å². The molecule has 0 aliphatic carbocycles. The predicted octanol–water partition coefficient (Wildman–Crippen LogP) is 3.24. The van der Waals surface area contributed by atoms with Gasteiger partial charge in [0.2, 0.25) is 5.91 Å². The van der Waals surface area contributed by atoms with E-state index in [9.17, 15) is 18.0 Å². The number of benzene rings is 1. The monoisotopic (exact) mass is 314 g/mol. The van der Waals surface area contributed by atoms with E-state index >= 15 is 0 Å². The topological polar surface area (TPSA) is 32.3 Å². The average molecular weight is 314 g/mol. The zero-order valence-electron chi connectivity index (χ0n) is 12.6. The maximum Gasteiger partial charge on any atom is 0.405 e. The van der Waals surface area contributed by atoms with Crippen LogP contribution in [0.1, 0.15) is 37.3 Å². The van der Waals surface area contributed by atoms with Crippen molar-refractivity contribution in [3.63, 3.8) is 0 Å². The Hall–Kier alpha value is -1.56. The highest BCUT2D eigenvalue weighted by molar-refractivity contribution is 5.77. The first-order valence-corrected chi connectivity index (χ1v) is 7.61. The van der Waals surface area contributed by atoms with Gasteiger partial charge in [0.15, 0.2) is 0 Å². The van der Waals surface area contributed by atoms with Gasteiger partial charge in [0.25, 0.3) is 0 Å². The Balaban J connectivity index is 1.92. The van der Waals surface area contributed by atoms with Crippen LogP contribution in [-0.4, -0.2) is 29.7 Å². The lowest BCUT2D eigenvalue weighted by atomic mass is 10.0. The summed E-state index contributed by atoms with van der Waals surface area (Å²) in [6.07, 6.45) is -2.25. The van der Waals surface area contributed by atoms with Gasteiger partial charge < -0.3 is 0 Å². The molecule has 1 aromatic rings. The molecule has 1 N–H and O–H groups in total.